The molecule has 2 rings (SSSR count). The number of rotatable bonds is 4. The minimum Gasteiger partial charge on any atom is -0.363 e. The van der Waals surface area contributed by atoms with Gasteiger partial charge in [0.1, 0.15) is 6.10 Å². The van der Waals surface area contributed by atoms with E-state index in [0.717, 1.165) is 17.7 Å². The molecular formula is C14H20N2O3S. The number of nitrogens with zero attached hydrogens (tertiary/aromatic N) is 1. The number of carbonyl (C=O) groups is 2. The highest BCUT2D eigenvalue weighted by molar-refractivity contribution is 7.13. The molecule has 0 radical (unpaired) electrons. The normalized spacial score (nSPS) is 21.8. The molecule has 0 unspecified atom stereocenters. The summed E-state index contributed by atoms with van der Waals surface area (Å²) < 4.78 is 5.67. The molecule has 0 saturated carbocycles. The molecule has 1 N–H and O–H groups in total. The van der Waals surface area contributed by atoms with Crippen molar-refractivity contribution in [2.75, 3.05) is 20.6 Å². The molecule has 1 aliphatic heterocycles. The zero-order valence-electron chi connectivity index (χ0n) is 12.0. The second-order valence-electron chi connectivity index (χ2n) is 5.18. The van der Waals surface area contributed by atoms with Gasteiger partial charge in [0, 0.05) is 25.5 Å². The maximum Gasteiger partial charge on any atom is 0.261 e. The summed E-state index contributed by atoms with van der Waals surface area (Å²) in [4.78, 5) is 27.0. The van der Waals surface area contributed by atoms with Crippen molar-refractivity contribution in [3.8, 4) is 0 Å². The third-order valence-electron chi connectivity index (χ3n) is 3.28. The van der Waals surface area contributed by atoms with E-state index in [4.69, 9.17) is 4.74 Å². The molecule has 0 aliphatic carbocycles. The van der Waals surface area contributed by atoms with Gasteiger partial charge >= 0.3 is 0 Å². The van der Waals surface area contributed by atoms with Crippen LogP contribution in [0.4, 0.5) is 0 Å². The second kappa shape index (κ2) is 6.37. The van der Waals surface area contributed by atoms with E-state index in [-0.39, 0.29) is 24.0 Å². The highest BCUT2D eigenvalue weighted by Gasteiger charge is 2.31. The van der Waals surface area contributed by atoms with Gasteiger partial charge in [-0.1, -0.05) is 0 Å². The number of hydrogen-bond acceptors (Lipinski definition) is 4. The number of ether oxygens (including phenoxy) is 1. The Morgan fingerprint density at radius 2 is 2.15 bits per heavy atom. The van der Waals surface area contributed by atoms with Crippen LogP contribution in [0, 0.1) is 6.92 Å². The highest BCUT2D eigenvalue weighted by Crippen LogP contribution is 2.21. The molecule has 2 heterocycles. The third-order valence-corrected chi connectivity index (χ3v) is 4.28. The van der Waals surface area contributed by atoms with Crippen LogP contribution < -0.4 is 5.32 Å². The molecule has 2 amide bonds. The van der Waals surface area contributed by atoms with Crippen LogP contribution in [0.5, 0.6) is 0 Å². The summed E-state index contributed by atoms with van der Waals surface area (Å²) in [6.45, 7) is 2.42. The Labute approximate surface area is 122 Å². The molecular weight excluding hydrogens is 276 g/mol. The standard InChI is InChI=1S/C14H20N2O3S/c1-9-4-7-12(20-9)13(17)15-8-10-5-6-11(19-10)14(18)16(2)3/h4,7,10-11H,5-6,8H2,1-3H3,(H,15,17)/t10-,11-/m0/s1. The molecule has 0 aromatic carbocycles. The molecule has 6 heteroatoms. The second-order valence-corrected chi connectivity index (χ2v) is 6.46. The summed E-state index contributed by atoms with van der Waals surface area (Å²) in [5, 5.41) is 2.86. The van der Waals surface area contributed by atoms with Crippen LogP contribution >= 0.6 is 11.3 Å². The predicted molar refractivity (Wildman–Crippen MR) is 78.0 cm³/mol. The molecule has 110 valence electrons. The average molecular weight is 296 g/mol. The number of carbonyl (C=O) groups excluding carboxylic acids is 2. The summed E-state index contributed by atoms with van der Waals surface area (Å²) in [5.41, 5.74) is 0. The minimum absolute atomic E-state index is 0.00675. The predicted octanol–water partition coefficient (Wildman–Crippen LogP) is 1.42. The van der Waals surface area contributed by atoms with Crippen molar-refractivity contribution in [1.82, 2.24) is 10.2 Å². The third kappa shape index (κ3) is 3.58. The fraction of sp³-hybridized carbons (Fsp3) is 0.571. The van der Waals surface area contributed by atoms with Gasteiger partial charge in [-0.05, 0) is 31.9 Å². The summed E-state index contributed by atoms with van der Waals surface area (Å²) in [6, 6.07) is 3.75. The Balaban J connectivity index is 1.78. The van der Waals surface area contributed by atoms with Crippen molar-refractivity contribution in [1.29, 1.82) is 0 Å². The van der Waals surface area contributed by atoms with Gasteiger partial charge in [0.25, 0.3) is 11.8 Å². The lowest BCUT2D eigenvalue weighted by molar-refractivity contribution is -0.140. The zero-order chi connectivity index (χ0) is 14.7. The molecule has 1 aromatic rings. The maximum absolute atomic E-state index is 11.9. The fourth-order valence-corrected chi connectivity index (χ4v) is 2.96. The van der Waals surface area contributed by atoms with Gasteiger partial charge in [0.2, 0.25) is 0 Å². The molecule has 1 aromatic heterocycles. The topological polar surface area (TPSA) is 58.6 Å². The van der Waals surface area contributed by atoms with E-state index in [1.165, 1.54) is 11.3 Å². The molecule has 0 spiro atoms. The van der Waals surface area contributed by atoms with Gasteiger partial charge in [-0.15, -0.1) is 11.3 Å². The van der Waals surface area contributed by atoms with Crippen molar-refractivity contribution in [3.63, 3.8) is 0 Å². The van der Waals surface area contributed by atoms with Crippen LogP contribution in [-0.2, 0) is 9.53 Å². The molecule has 2 atom stereocenters. The average Bonchev–Trinajstić information content (AvgIpc) is 3.03. The molecule has 20 heavy (non-hydrogen) atoms. The number of aryl methyl sites for hydroxylation is 1. The largest absolute Gasteiger partial charge is 0.363 e. The monoisotopic (exact) mass is 296 g/mol. The SMILES string of the molecule is Cc1ccc(C(=O)NC[C@@H]2CC[C@@H](C(=O)N(C)C)O2)s1. The Bertz CT molecular complexity index is 498. The number of amides is 2. The maximum atomic E-state index is 11.9. The minimum atomic E-state index is -0.365. The Morgan fingerprint density at radius 1 is 1.40 bits per heavy atom. The van der Waals surface area contributed by atoms with Crippen molar-refractivity contribution in [3.05, 3.63) is 21.9 Å². The van der Waals surface area contributed by atoms with Gasteiger partial charge in [-0.25, -0.2) is 0 Å². The van der Waals surface area contributed by atoms with E-state index < -0.39 is 0 Å². The lowest BCUT2D eigenvalue weighted by atomic mass is 10.2. The van der Waals surface area contributed by atoms with Crippen molar-refractivity contribution < 1.29 is 14.3 Å². The van der Waals surface area contributed by atoms with Crippen LogP contribution in [0.1, 0.15) is 27.4 Å². The number of nitrogens with one attached hydrogen (secondary N) is 1. The van der Waals surface area contributed by atoms with Gasteiger partial charge in [-0.3, -0.25) is 9.59 Å². The van der Waals surface area contributed by atoms with Crippen LogP contribution in [0.3, 0.4) is 0 Å². The quantitative estimate of drug-likeness (QED) is 0.914. The Kier molecular flexibility index (Phi) is 4.77. The van der Waals surface area contributed by atoms with E-state index in [2.05, 4.69) is 5.32 Å². The van der Waals surface area contributed by atoms with Gasteiger partial charge < -0.3 is 15.0 Å². The van der Waals surface area contributed by atoms with Gasteiger partial charge in [-0.2, -0.15) is 0 Å². The number of hydrogen-bond donors (Lipinski definition) is 1. The molecule has 1 saturated heterocycles. The van der Waals surface area contributed by atoms with Crippen LogP contribution in [0.25, 0.3) is 0 Å². The van der Waals surface area contributed by atoms with E-state index in [1.54, 1.807) is 19.0 Å². The smallest absolute Gasteiger partial charge is 0.261 e. The van der Waals surface area contributed by atoms with Crippen molar-refractivity contribution in [2.45, 2.75) is 32.0 Å². The van der Waals surface area contributed by atoms with Crippen molar-refractivity contribution >= 4 is 23.2 Å². The van der Waals surface area contributed by atoms with Crippen LogP contribution in [0.2, 0.25) is 0 Å². The zero-order valence-corrected chi connectivity index (χ0v) is 12.8. The van der Waals surface area contributed by atoms with E-state index in [9.17, 15) is 9.59 Å². The molecule has 1 fully saturated rings. The lowest BCUT2D eigenvalue weighted by Gasteiger charge is -2.17. The van der Waals surface area contributed by atoms with Crippen molar-refractivity contribution in [2.24, 2.45) is 0 Å². The first-order chi connectivity index (χ1) is 9.47. The number of likely N-dealkylation sites (N-methyl/N-ethyl adjacent to an activating group) is 1. The summed E-state index contributed by atoms with van der Waals surface area (Å²) in [5.74, 6) is -0.0817. The van der Waals surface area contributed by atoms with E-state index in [1.807, 2.05) is 19.1 Å². The summed E-state index contributed by atoms with van der Waals surface area (Å²) >= 11 is 1.47. The molecule has 5 nitrogen and oxygen atoms in total. The summed E-state index contributed by atoms with van der Waals surface area (Å²) in [7, 11) is 3.44. The van der Waals surface area contributed by atoms with Gasteiger partial charge in [0.15, 0.2) is 0 Å². The van der Waals surface area contributed by atoms with E-state index >= 15 is 0 Å². The van der Waals surface area contributed by atoms with Crippen LogP contribution in [0.15, 0.2) is 12.1 Å². The Morgan fingerprint density at radius 3 is 2.75 bits per heavy atom. The first kappa shape index (κ1) is 15.0. The first-order valence-corrected chi connectivity index (χ1v) is 7.50. The Hall–Kier alpha value is -1.40. The highest BCUT2D eigenvalue weighted by atomic mass is 32.1. The first-order valence-electron chi connectivity index (χ1n) is 6.68. The number of thiophene rings is 1. The van der Waals surface area contributed by atoms with E-state index in [0.29, 0.717) is 11.4 Å². The summed E-state index contributed by atoms with van der Waals surface area (Å²) in [6.07, 6.45) is 1.08. The van der Waals surface area contributed by atoms with Gasteiger partial charge in [0.05, 0.1) is 11.0 Å². The molecule has 0 bridgehead atoms. The fourth-order valence-electron chi connectivity index (χ4n) is 2.18. The lowest BCUT2D eigenvalue weighted by Crippen LogP contribution is -2.36. The molecule has 1 aliphatic rings. The van der Waals surface area contributed by atoms with Crippen LogP contribution in [-0.4, -0.2) is 49.6 Å².